The minimum atomic E-state index is -1.12. The lowest BCUT2D eigenvalue weighted by atomic mass is 10.0. The van der Waals surface area contributed by atoms with Crippen molar-refractivity contribution >= 4 is 11.8 Å². The average molecular weight is 340 g/mol. The predicted octanol–water partition coefficient (Wildman–Crippen LogP) is 2.13. The van der Waals surface area contributed by atoms with Gasteiger partial charge in [-0.3, -0.25) is 9.59 Å². The molecule has 3 N–H and O–H groups in total. The monoisotopic (exact) mass is 340 g/mol. The van der Waals surface area contributed by atoms with Crippen molar-refractivity contribution in [3.8, 4) is 5.69 Å². The Labute approximate surface area is 147 Å². The molecule has 1 aliphatic rings. The SMILES string of the molecule is CC(C)(NC(=O)c1nn(-c2ccccc2)c2c1CCCCC2)C(N)=O. The maximum atomic E-state index is 12.8. The number of amides is 2. The Hall–Kier alpha value is -2.63. The number of hydrogen-bond donors (Lipinski definition) is 2. The lowest BCUT2D eigenvalue weighted by Crippen LogP contribution is -2.53. The van der Waals surface area contributed by atoms with Crippen LogP contribution in [0.2, 0.25) is 0 Å². The van der Waals surface area contributed by atoms with Gasteiger partial charge in [-0.2, -0.15) is 5.10 Å². The third kappa shape index (κ3) is 3.43. The van der Waals surface area contributed by atoms with Gasteiger partial charge in [-0.15, -0.1) is 0 Å². The number of rotatable bonds is 4. The van der Waals surface area contributed by atoms with Gasteiger partial charge in [-0.25, -0.2) is 4.68 Å². The van der Waals surface area contributed by atoms with Crippen molar-refractivity contribution in [2.24, 2.45) is 5.73 Å². The van der Waals surface area contributed by atoms with Crippen molar-refractivity contribution in [2.75, 3.05) is 0 Å². The van der Waals surface area contributed by atoms with Gasteiger partial charge in [0.05, 0.1) is 5.69 Å². The molecule has 6 nitrogen and oxygen atoms in total. The number of primary amides is 1. The Bertz CT molecular complexity index is 793. The highest BCUT2D eigenvalue weighted by Crippen LogP contribution is 2.26. The summed E-state index contributed by atoms with van der Waals surface area (Å²) in [6.45, 7) is 3.19. The fourth-order valence-electron chi connectivity index (χ4n) is 3.15. The smallest absolute Gasteiger partial charge is 0.272 e. The number of nitrogens with zero attached hydrogens (tertiary/aromatic N) is 2. The van der Waals surface area contributed by atoms with Crippen molar-refractivity contribution in [2.45, 2.75) is 51.5 Å². The quantitative estimate of drug-likeness (QED) is 0.836. The maximum absolute atomic E-state index is 12.8. The molecule has 0 aliphatic heterocycles. The molecule has 0 saturated heterocycles. The van der Waals surface area contributed by atoms with Crippen LogP contribution in [0.25, 0.3) is 5.69 Å². The van der Waals surface area contributed by atoms with E-state index in [0.29, 0.717) is 5.69 Å². The van der Waals surface area contributed by atoms with E-state index >= 15 is 0 Å². The van der Waals surface area contributed by atoms with E-state index in [0.717, 1.165) is 49.0 Å². The Morgan fingerprint density at radius 1 is 1.12 bits per heavy atom. The molecule has 2 amide bonds. The Morgan fingerprint density at radius 3 is 2.48 bits per heavy atom. The van der Waals surface area contributed by atoms with Crippen LogP contribution in [0, 0.1) is 0 Å². The van der Waals surface area contributed by atoms with Crippen LogP contribution in [-0.4, -0.2) is 27.1 Å². The van der Waals surface area contributed by atoms with Crippen LogP contribution in [0.3, 0.4) is 0 Å². The highest BCUT2D eigenvalue weighted by molar-refractivity contribution is 5.98. The van der Waals surface area contributed by atoms with E-state index in [9.17, 15) is 9.59 Å². The Morgan fingerprint density at radius 2 is 1.80 bits per heavy atom. The van der Waals surface area contributed by atoms with Gasteiger partial charge in [0.25, 0.3) is 5.91 Å². The zero-order valence-corrected chi connectivity index (χ0v) is 14.7. The first-order chi connectivity index (χ1) is 11.9. The Kier molecular flexibility index (Phi) is 4.61. The average Bonchev–Trinajstić information content (AvgIpc) is 2.77. The van der Waals surface area contributed by atoms with Crippen LogP contribution in [0.15, 0.2) is 30.3 Å². The van der Waals surface area contributed by atoms with Gasteiger partial charge >= 0.3 is 0 Å². The van der Waals surface area contributed by atoms with Crippen molar-refractivity contribution < 1.29 is 9.59 Å². The maximum Gasteiger partial charge on any atom is 0.272 e. The zero-order valence-electron chi connectivity index (χ0n) is 14.7. The zero-order chi connectivity index (χ0) is 18.0. The van der Waals surface area contributed by atoms with Crippen LogP contribution < -0.4 is 11.1 Å². The number of benzene rings is 1. The van der Waals surface area contributed by atoms with E-state index in [-0.39, 0.29) is 5.91 Å². The summed E-state index contributed by atoms with van der Waals surface area (Å²) < 4.78 is 1.87. The molecule has 132 valence electrons. The molecule has 0 saturated carbocycles. The second-order valence-corrected chi connectivity index (χ2v) is 7.03. The summed E-state index contributed by atoms with van der Waals surface area (Å²) in [4.78, 5) is 24.3. The van der Waals surface area contributed by atoms with E-state index < -0.39 is 11.4 Å². The molecule has 0 bridgehead atoms. The van der Waals surface area contributed by atoms with Crippen LogP contribution in [0.5, 0.6) is 0 Å². The first kappa shape index (κ1) is 17.2. The molecule has 3 rings (SSSR count). The van der Waals surface area contributed by atoms with E-state index in [2.05, 4.69) is 10.4 Å². The minimum Gasteiger partial charge on any atom is -0.368 e. The first-order valence-corrected chi connectivity index (χ1v) is 8.69. The second kappa shape index (κ2) is 6.70. The number of para-hydroxylation sites is 1. The molecule has 1 aromatic heterocycles. The van der Waals surface area contributed by atoms with E-state index in [4.69, 9.17) is 5.73 Å². The van der Waals surface area contributed by atoms with Gasteiger partial charge in [-0.1, -0.05) is 24.6 Å². The highest BCUT2D eigenvalue weighted by atomic mass is 16.2. The first-order valence-electron chi connectivity index (χ1n) is 8.69. The molecule has 6 heteroatoms. The normalized spacial score (nSPS) is 14.5. The van der Waals surface area contributed by atoms with Crippen molar-refractivity contribution in [3.63, 3.8) is 0 Å². The van der Waals surface area contributed by atoms with Crippen molar-refractivity contribution in [1.29, 1.82) is 0 Å². The number of nitrogens with one attached hydrogen (secondary N) is 1. The lowest BCUT2D eigenvalue weighted by Gasteiger charge is -2.21. The van der Waals surface area contributed by atoms with E-state index in [1.165, 1.54) is 0 Å². The molecule has 25 heavy (non-hydrogen) atoms. The van der Waals surface area contributed by atoms with Crippen molar-refractivity contribution in [1.82, 2.24) is 15.1 Å². The lowest BCUT2D eigenvalue weighted by molar-refractivity contribution is -0.122. The van der Waals surface area contributed by atoms with Gasteiger partial charge in [0, 0.05) is 11.3 Å². The number of carbonyl (C=O) groups excluding carboxylic acids is 2. The van der Waals surface area contributed by atoms with Crippen LogP contribution in [0.4, 0.5) is 0 Å². The molecule has 0 atom stereocenters. The fraction of sp³-hybridized carbons (Fsp3) is 0.421. The summed E-state index contributed by atoms with van der Waals surface area (Å²) >= 11 is 0. The topological polar surface area (TPSA) is 90.0 Å². The summed E-state index contributed by atoms with van der Waals surface area (Å²) in [7, 11) is 0. The summed E-state index contributed by atoms with van der Waals surface area (Å²) in [5.74, 6) is -0.925. The van der Waals surface area contributed by atoms with E-state index in [1.54, 1.807) is 13.8 Å². The summed E-state index contributed by atoms with van der Waals surface area (Å²) in [6.07, 6.45) is 4.97. The minimum absolute atomic E-state index is 0.350. The largest absolute Gasteiger partial charge is 0.368 e. The number of nitrogens with two attached hydrogens (primary N) is 1. The van der Waals surface area contributed by atoms with Crippen LogP contribution in [-0.2, 0) is 17.6 Å². The summed E-state index contributed by atoms with van der Waals surface area (Å²) in [5.41, 5.74) is 7.67. The van der Waals surface area contributed by atoms with Gasteiger partial charge in [0.15, 0.2) is 5.69 Å². The molecule has 0 radical (unpaired) electrons. The number of hydrogen-bond acceptors (Lipinski definition) is 3. The molecule has 2 aromatic rings. The molecular formula is C19H24N4O2. The third-order valence-electron chi connectivity index (χ3n) is 4.69. The van der Waals surface area contributed by atoms with Gasteiger partial charge < -0.3 is 11.1 Å². The fourth-order valence-corrected chi connectivity index (χ4v) is 3.15. The molecule has 0 spiro atoms. The molecule has 1 heterocycles. The Balaban J connectivity index is 2.04. The van der Waals surface area contributed by atoms with Crippen molar-refractivity contribution in [3.05, 3.63) is 47.3 Å². The number of fused-ring (bicyclic) bond motifs is 1. The van der Waals surface area contributed by atoms with Crippen LogP contribution >= 0.6 is 0 Å². The van der Waals surface area contributed by atoms with Gasteiger partial charge in [0.1, 0.15) is 5.54 Å². The van der Waals surface area contributed by atoms with Gasteiger partial charge in [0.2, 0.25) is 5.91 Å². The molecule has 0 fully saturated rings. The number of aromatic nitrogens is 2. The van der Waals surface area contributed by atoms with E-state index in [1.807, 2.05) is 35.0 Å². The highest BCUT2D eigenvalue weighted by Gasteiger charge is 2.31. The molecule has 0 unspecified atom stereocenters. The third-order valence-corrected chi connectivity index (χ3v) is 4.69. The standard InChI is InChI=1S/C19H24N4O2/c1-19(2,18(20)25)21-17(24)16-14-11-7-4-8-12-15(14)23(22-16)13-9-5-3-6-10-13/h3,5-6,9-10H,4,7-8,11-12H2,1-2H3,(H2,20,25)(H,21,24). The number of carbonyl (C=O) groups is 2. The molecule has 1 aliphatic carbocycles. The molecule has 1 aromatic carbocycles. The summed E-state index contributed by atoms with van der Waals surface area (Å²) in [5, 5.41) is 7.32. The predicted molar refractivity (Wildman–Crippen MR) is 95.6 cm³/mol. The second-order valence-electron chi connectivity index (χ2n) is 7.03. The van der Waals surface area contributed by atoms with Crippen LogP contribution in [0.1, 0.15) is 54.9 Å². The molecular weight excluding hydrogens is 316 g/mol. The van der Waals surface area contributed by atoms with Gasteiger partial charge in [-0.05, 0) is 51.7 Å². The summed E-state index contributed by atoms with van der Waals surface area (Å²) in [6, 6.07) is 9.82.